The van der Waals surface area contributed by atoms with E-state index in [1.807, 2.05) is 39.0 Å². The lowest BCUT2D eigenvalue weighted by molar-refractivity contribution is 0.0489. The summed E-state index contributed by atoms with van der Waals surface area (Å²) in [7, 11) is -3.82. The molecule has 0 radical (unpaired) electrons. The van der Waals surface area contributed by atoms with Gasteiger partial charge in [-0.05, 0) is 95.2 Å². The number of benzene rings is 1. The molecule has 196 valence electrons. The number of nitrogens with one attached hydrogen (secondary N) is 1. The molecule has 0 atom stereocenters. The molecule has 5 rings (SSSR count). The van der Waals surface area contributed by atoms with Gasteiger partial charge in [0.15, 0.2) is 0 Å². The van der Waals surface area contributed by atoms with E-state index in [1.54, 1.807) is 10.8 Å². The lowest BCUT2D eigenvalue weighted by Crippen LogP contribution is -2.47. The predicted molar refractivity (Wildman–Crippen MR) is 139 cm³/mol. The quantitative estimate of drug-likeness (QED) is 0.600. The van der Waals surface area contributed by atoms with Crippen LogP contribution in [-0.2, 0) is 27.7 Å². The van der Waals surface area contributed by atoms with Gasteiger partial charge in [0.25, 0.3) is 5.56 Å². The molecule has 9 heteroatoms. The Morgan fingerprint density at radius 3 is 2.31 bits per heavy atom. The highest BCUT2D eigenvalue weighted by Crippen LogP contribution is 2.35. The first kappa shape index (κ1) is 25.3. The Morgan fingerprint density at radius 2 is 1.69 bits per heavy atom. The highest BCUT2D eigenvalue weighted by molar-refractivity contribution is 7.89. The summed E-state index contributed by atoms with van der Waals surface area (Å²) < 4.78 is 36.3. The van der Waals surface area contributed by atoms with Crippen molar-refractivity contribution in [2.75, 3.05) is 13.1 Å². The monoisotopic (exact) mass is 515 g/mol. The van der Waals surface area contributed by atoms with E-state index in [-0.39, 0.29) is 16.5 Å². The maximum Gasteiger partial charge on any atom is 0.407 e. The average molecular weight is 516 g/mol. The topological polar surface area (TPSA) is 97.7 Å². The number of amides is 1. The molecule has 8 nitrogen and oxygen atoms in total. The molecule has 1 N–H and O–H groups in total. The van der Waals surface area contributed by atoms with Gasteiger partial charge in [0.05, 0.1) is 0 Å². The Balaban J connectivity index is 1.41. The van der Waals surface area contributed by atoms with Crippen molar-refractivity contribution >= 4 is 26.9 Å². The summed E-state index contributed by atoms with van der Waals surface area (Å²) in [5.41, 5.74) is 0.382. The Kier molecular flexibility index (Phi) is 6.66. The first-order valence-electron chi connectivity index (χ1n) is 13.2. The minimum absolute atomic E-state index is 0.117. The van der Waals surface area contributed by atoms with Crippen LogP contribution in [0.3, 0.4) is 0 Å². The van der Waals surface area contributed by atoms with Gasteiger partial charge in [-0.1, -0.05) is 6.07 Å². The van der Waals surface area contributed by atoms with Crippen molar-refractivity contribution in [3.8, 4) is 0 Å². The van der Waals surface area contributed by atoms with Crippen molar-refractivity contribution in [2.45, 2.75) is 88.8 Å². The van der Waals surface area contributed by atoms with Crippen LogP contribution in [0.15, 0.2) is 34.1 Å². The van der Waals surface area contributed by atoms with Crippen molar-refractivity contribution in [3.05, 3.63) is 40.3 Å². The number of nitrogens with zero attached hydrogens (tertiary/aromatic N) is 2. The molecule has 2 aromatic rings. The molecular weight excluding hydrogens is 478 g/mol. The standard InChI is InChI=1S/C27H37N3O5S/c1-27(2,3)35-26(32)28-21-10-12-30(13-11-21)36(33,34)24-17-29(16-19-6-7-19)25(31)22-9-8-20(15-23(22)24)14-18-4-5-18/h8-9,15,17-19,21H,4-7,10-14,16H2,1-3H3,(H,28,32). The second-order valence-electron chi connectivity index (χ2n) is 11.7. The summed E-state index contributed by atoms with van der Waals surface area (Å²) in [6.07, 6.45) is 7.58. The Morgan fingerprint density at radius 1 is 1.03 bits per heavy atom. The van der Waals surface area contributed by atoms with E-state index in [0.29, 0.717) is 55.1 Å². The summed E-state index contributed by atoms with van der Waals surface area (Å²) in [5, 5.41) is 3.86. The smallest absolute Gasteiger partial charge is 0.407 e. The van der Waals surface area contributed by atoms with Crippen LogP contribution in [-0.4, -0.2) is 48.1 Å². The van der Waals surface area contributed by atoms with E-state index in [2.05, 4.69) is 5.32 Å². The molecule has 2 heterocycles. The summed E-state index contributed by atoms with van der Waals surface area (Å²) in [6.45, 7) is 6.59. The molecular formula is C27H37N3O5S. The average Bonchev–Trinajstić information content (AvgIpc) is 3.72. The molecule has 3 aliphatic rings. The van der Waals surface area contributed by atoms with Crippen LogP contribution in [0.1, 0.15) is 64.9 Å². The number of hydrogen-bond acceptors (Lipinski definition) is 5. The SMILES string of the molecule is CC(C)(C)OC(=O)NC1CCN(S(=O)(=O)c2cn(CC3CC3)c(=O)c3ccc(CC4CC4)cc23)CC1. The van der Waals surface area contributed by atoms with E-state index < -0.39 is 21.7 Å². The first-order valence-corrected chi connectivity index (χ1v) is 14.6. The number of fused-ring (bicyclic) bond motifs is 1. The van der Waals surface area contributed by atoms with Gasteiger partial charge in [-0.15, -0.1) is 0 Å². The molecule has 1 aliphatic heterocycles. The van der Waals surface area contributed by atoms with Gasteiger partial charge in [-0.3, -0.25) is 4.79 Å². The van der Waals surface area contributed by atoms with Crippen LogP contribution in [0.2, 0.25) is 0 Å². The largest absolute Gasteiger partial charge is 0.444 e. The van der Waals surface area contributed by atoms with Crippen LogP contribution in [0.25, 0.3) is 10.8 Å². The second-order valence-corrected chi connectivity index (χ2v) is 13.7. The van der Waals surface area contributed by atoms with Gasteiger partial charge in [0.1, 0.15) is 10.5 Å². The van der Waals surface area contributed by atoms with Crippen LogP contribution < -0.4 is 10.9 Å². The number of carbonyl (C=O) groups excluding carboxylic acids is 1. The van der Waals surface area contributed by atoms with Crippen LogP contribution >= 0.6 is 0 Å². The fraction of sp³-hybridized carbons (Fsp3) is 0.630. The minimum atomic E-state index is -3.82. The van der Waals surface area contributed by atoms with Gasteiger partial charge >= 0.3 is 6.09 Å². The van der Waals surface area contributed by atoms with Crippen LogP contribution in [0.5, 0.6) is 0 Å². The number of alkyl carbamates (subject to hydrolysis) is 1. The number of hydrogen-bond donors (Lipinski definition) is 1. The van der Waals surface area contributed by atoms with Crippen molar-refractivity contribution < 1.29 is 17.9 Å². The third kappa shape index (κ3) is 5.78. The van der Waals surface area contributed by atoms with Crippen molar-refractivity contribution in [1.82, 2.24) is 14.2 Å². The van der Waals surface area contributed by atoms with Gasteiger partial charge in [-0.2, -0.15) is 4.31 Å². The van der Waals surface area contributed by atoms with Gasteiger partial charge in [0, 0.05) is 42.6 Å². The van der Waals surface area contributed by atoms with Crippen molar-refractivity contribution in [3.63, 3.8) is 0 Å². The lowest BCUT2D eigenvalue weighted by Gasteiger charge is -2.32. The highest BCUT2D eigenvalue weighted by atomic mass is 32.2. The molecule has 36 heavy (non-hydrogen) atoms. The molecule has 1 saturated heterocycles. The number of sulfonamides is 1. The Bertz CT molecular complexity index is 1310. The van der Waals surface area contributed by atoms with Gasteiger partial charge in [-0.25, -0.2) is 13.2 Å². The number of carbonyl (C=O) groups is 1. The minimum Gasteiger partial charge on any atom is -0.444 e. The number of aromatic nitrogens is 1. The number of ether oxygens (including phenoxy) is 1. The molecule has 1 amide bonds. The lowest BCUT2D eigenvalue weighted by atomic mass is 10.0. The maximum atomic E-state index is 13.9. The Hall–Kier alpha value is -2.39. The zero-order chi connectivity index (χ0) is 25.7. The van der Waals surface area contributed by atoms with E-state index in [9.17, 15) is 18.0 Å². The second kappa shape index (κ2) is 9.49. The molecule has 0 bridgehead atoms. The summed E-state index contributed by atoms with van der Waals surface area (Å²) in [6, 6.07) is 5.57. The van der Waals surface area contributed by atoms with Gasteiger partial charge in [0.2, 0.25) is 10.0 Å². The predicted octanol–water partition coefficient (Wildman–Crippen LogP) is 4.04. The molecule has 3 fully saturated rings. The third-order valence-electron chi connectivity index (χ3n) is 7.28. The van der Waals surface area contributed by atoms with E-state index in [4.69, 9.17) is 4.74 Å². The molecule has 2 aliphatic carbocycles. The van der Waals surface area contributed by atoms with Crippen LogP contribution in [0.4, 0.5) is 4.79 Å². The summed E-state index contributed by atoms with van der Waals surface area (Å²) in [4.78, 5) is 25.6. The zero-order valence-corrected chi connectivity index (χ0v) is 22.3. The highest BCUT2D eigenvalue weighted by Gasteiger charge is 2.33. The third-order valence-corrected chi connectivity index (χ3v) is 9.21. The van der Waals surface area contributed by atoms with Crippen molar-refractivity contribution in [1.29, 1.82) is 0 Å². The van der Waals surface area contributed by atoms with Crippen molar-refractivity contribution in [2.24, 2.45) is 11.8 Å². The number of pyridine rings is 1. The fourth-order valence-corrected chi connectivity index (χ4v) is 6.64. The molecule has 0 unspecified atom stereocenters. The normalized spacial score (nSPS) is 20.0. The van der Waals surface area contributed by atoms with E-state index >= 15 is 0 Å². The number of piperidine rings is 1. The first-order chi connectivity index (χ1) is 17.0. The van der Waals surface area contributed by atoms with E-state index in [0.717, 1.165) is 24.8 Å². The zero-order valence-electron chi connectivity index (χ0n) is 21.5. The molecule has 0 spiro atoms. The summed E-state index contributed by atoms with van der Waals surface area (Å²) in [5.74, 6) is 1.11. The van der Waals surface area contributed by atoms with Crippen LogP contribution in [0, 0.1) is 11.8 Å². The molecule has 2 saturated carbocycles. The summed E-state index contributed by atoms with van der Waals surface area (Å²) >= 11 is 0. The number of rotatable bonds is 7. The molecule has 1 aromatic heterocycles. The Labute approximate surface area is 213 Å². The van der Waals surface area contributed by atoms with E-state index in [1.165, 1.54) is 17.1 Å². The fourth-order valence-electron chi connectivity index (χ4n) is 4.96. The van der Waals surface area contributed by atoms with Gasteiger partial charge < -0.3 is 14.6 Å². The molecule has 1 aromatic carbocycles. The maximum absolute atomic E-state index is 13.9.